The summed E-state index contributed by atoms with van der Waals surface area (Å²) in [4.78, 5) is 50.6. The Morgan fingerprint density at radius 2 is 1.92 bits per heavy atom. The van der Waals surface area contributed by atoms with Crippen LogP contribution < -0.4 is 27.0 Å². The monoisotopic (exact) mass is 573 g/mol. The van der Waals surface area contributed by atoms with Gasteiger partial charge in [-0.25, -0.2) is 14.6 Å². The van der Waals surface area contributed by atoms with Crippen LogP contribution in [0.2, 0.25) is 0 Å². The standard InChI is InChI=1S/C23H28BrN9O4/c24-16-13-27-21(28-14-5-3-6-15(11-14)29-23(37)33-9-1-2-10-33)31-19(16)26-8-4-7-25-18(34)12-17-20(35)32-22(36)30-17/h3,5-6,11,13,35H,1-2,4,7-10,12H2,(H,25,34)(H,29,37)(H2,30,32,36)(H2,26,27,28,31). The second kappa shape index (κ2) is 12.3. The molecule has 4 rings (SSSR count). The molecule has 1 saturated heterocycles. The van der Waals surface area contributed by atoms with Crippen molar-refractivity contribution < 1.29 is 14.7 Å². The summed E-state index contributed by atoms with van der Waals surface area (Å²) in [6, 6.07) is 7.24. The number of aromatic amines is 2. The van der Waals surface area contributed by atoms with Crippen molar-refractivity contribution in [2.24, 2.45) is 0 Å². The molecule has 3 heterocycles. The van der Waals surface area contributed by atoms with Gasteiger partial charge in [-0.1, -0.05) is 6.07 Å². The van der Waals surface area contributed by atoms with E-state index in [0.717, 1.165) is 31.6 Å². The summed E-state index contributed by atoms with van der Waals surface area (Å²) >= 11 is 3.43. The molecule has 3 aromatic rings. The van der Waals surface area contributed by atoms with Gasteiger partial charge in [0, 0.05) is 43.8 Å². The third kappa shape index (κ3) is 7.46. The van der Waals surface area contributed by atoms with E-state index in [-0.39, 0.29) is 29.9 Å². The number of carbonyl (C=O) groups is 2. The van der Waals surface area contributed by atoms with Crippen molar-refractivity contribution in [1.29, 1.82) is 0 Å². The number of benzene rings is 1. The molecule has 1 fully saturated rings. The lowest BCUT2D eigenvalue weighted by molar-refractivity contribution is -0.120. The van der Waals surface area contributed by atoms with E-state index < -0.39 is 5.69 Å². The molecule has 1 aromatic carbocycles. The third-order valence-electron chi connectivity index (χ3n) is 5.60. The van der Waals surface area contributed by atoms with Crippen LogP contribution in [0.25, 0.3) is 0 Å². The lowest BCUT2D eigenvalue weighted by Crippen LogP contribution is -2.32. The number of aromatic nitrogens is 4. The van der Waals surface area contributed by atoms with E-state index in [1.165, 1.54) is 0 Å². The first-order valence-corrected chi connectivity index (χ1v) is 12.6. The minimum atomic E-state index is -0.564. The molecule has 0 aliphatic carbocycles. The molecule has 3 amide bonds. The number of halogens is 1. The quantitative estimate of drug-likeness (QED) is 0.180. The first kappa shape index (κ1) is 26.0. The van der Waals surface area contributed by atoms with Crippen molar-refractivity contribution in [2.45, 2.75) is 25.7 Å². The molecule has 7 N–H and O–H groups in total. The zero-order valence-corrected chi connectivity index (χ0v) is 21.5. The van der Waals surface area contributed by atoms with Gasteiger partial charge in [-0.15, -0.1) is 0 Å². The van der Waals surface area contributed by atoms with Gasteiger partial charge in [-0.05, 0) is 53.4 Å². The highest BCUT2D eigenvalue weighted by molar-refractivity contribution is 9.10. The first-order chi connectivity index (χ1) is 17.9. The summed E-state index contributed by atoms with van der Waals surface area (Å²) < 4.78 is 0.681. The molecule has 1 aliphatic rings. The van der Waals surface area contributed by atoms with Crippen molar-refractivity contribution in [1.82, 2.24) is 30.2 Å². The van der Waals surface area contributed by atoms with Crippen molar-refractivity contribution in [3.63, 3.8) is 0 Å². The fourth-order valence-electron chi connectivity index (χ4n) is 3.76. The van der Waals surface area contributed by atoms with Gasteiger partial charge >= 0.3 is 11.7 Å². The molecule has 13 nitrogen and oxygen atoms in total. The van der Waals surface area contributed by atoms with Crippen LogP contribution in [-0.4, -0.2) is 68.1 Å². The fraction of sp³-hybridized carbons (Fsp3) is 0.348. The average Bonchev–Trinajstić information content (AvgIpc) is 3.51. The van der Waals surface area contributed by atoms with Crippen molar-refractivity contribution in [2.75, 3.05) is 42.1 Å². The SMILES string of the molecule is O=C(Cc1[nH]c(=O)[nH]c1O)NCCCNc1nc(Nc2cccc(NC(=O)N3CCCC3)c2)ncc1Br. The number of imidazole rings is 1. The van der Waals surface area contributed by atoms with Crippen LogP contribution in [0, 0.1) is 0 Å². The minimum Gasteiger partial charge on any atom is -0.493 e. The topological polar surface area (TPSA) is 180 Å². The molecule has 37 heavy (non-hydrogen) atoms. The maximum atomic E-state index is 12.4. The summed E-state index contributed by atoms with van der Waals surface area (Å²) in [5, 5.41) is 21.5. The molecule has 14 heteroatoms. The Morgan fingerprint density at radius 3 is 2.68 bits per heavy atom. The molecule has 0 bridgehead atoms. The van der Waals surface area contributed by atoms with E-state index in [9.17, 15) is 19.5 Å². The van der Waals surface area contributed by atoms with Crippen molar-refractivity contribution in [3.8, 4) is 5.88 Å². The van der Waals surface area contributed by atoms with Gasteiger partial charge in [0.15, 0.2) is 0 Å². The Kier molecular flexibility index (Phi) is 8.61. The van der Waals surface area contributed by atoms with E-state index in [1.807, 2.05) is 24.3 Å². The highest BCUT2D eigenvalue weighted by Gasteiger charge is 2.18. The van der Waals surface area contributed by atoms with Crippen LogP contribution in [0.3, 0.4) is 0 Å². The van der Waals surface area contributed by atoms with Crippen LogP contribution >= 0.6 is 15.9 Å². The maximum absolute atomic E-state index is 12.4. The van der Waals surface area contributed by atoms with Gasteiger partial charge in [0.1, 0.15) is 5.82 Å². The number of hydrogen-bond acceptors (Lipinski definition) is 8. The number of H-pyrrole nitrogens is 2. The van der Waals surface area contributed by atoms with Crippen LogP contribution in [0.4, 0.5) is 27.9 Å². The predicted octanol–water partition coefficient (Wildman–Crippen LogP) is 2.49. The maximum Gasteiger partial charge on any atom is 0.325 e. The first-order valence-electron chi connectivity index (χ1n) is 11.8. The zero-order valence-electron chi connectivity index (χ0n) is 19.9. The van der Waals surface area contributed by atoms with Crippen LogP contribution in [-0.2, 0) is 11.2 Å². The Morgan fingerprint density at radius 1 is 1.14 bits per heavy atom. The lowest BCUT2D eigenvalue weighted by Gasteiger charge is -2.16. The van der Waals surface area contributed by atoms with Crippen LogP contribution in [0.15, 0.2) is 39.7 Å². The Labute approximate surface area is 220 Å². The number of amides is 3. The zero-order chi connectivity index (χ0) is 26.2. The highest BCUT2D eigenvalue weighted by Crippen LogP contribution is 2.23. The molecule has 0 saturated carbocycles. The molecule has 196 valence electrons. The number of carbonyl (C=O) groups excluding carboxylic acids is 2. The number of hydrogen-bond donors (Lipinski definition) is 7. The van der Waals surface area contributed by atoms with E-state index >= 15 is 0 Å². The Bertz CT molecular complexity index is 1300. The Balaban J connectivity index is 1.24. The molecule has 0 unspecified atom stereocenters. The summed E-state index contributed by atoms with van der Waals surface area (Å²) in [5.41, 5.74) is 0.985. The van der Waals surface area contributed by atoms with Gasteiger partial charge in [0.2, 0.25) is 17.7 Å². The van der Waals surface area contributed by atoms with Gasteiger partial charge in [0.05, 0.1) is 16.6 Å². The normalized spacial score (nSPS) is 12.8. The van der Waals surface area contributed by atoms with E-state index in [2.05, 4.69) is 57.1 Å². The summed E-state index contributed by atoms with van der Waals surface area (Å²) in [7, 11) is 0. The fourth-order valence-corrected chi connectivity index (χ4v) is 4.09. The molecule has 0 radical (unpaired) electrons. The number of rotatable bonds is 10. The summed E-state index contributed by atoms with van der Waals surface area (Å²) in [6.45, 7) is 2.47. The summed E-state index contributed by atoms with van der Waals surface area (Å²) in [6.07, 6.45) is 4.17. The number of urea groups is 1. The average molecular weight is 574 g/mol. The number of anilines is 4. The van der Waals surface area contributed by atoms with Gasteiger partial charge in [-0.2, -0.15) is 4.98 Å². The molecule has 0 atom stereocenters. The number of nitrogens with one attached hydrogen (secondary N) is 6. The van der Waals surface area contributed by atoms with Gasteiger partial charge in [0.25, 0.3) is 0 Å². The molecular weight excluding hydrogens is 546 g/mol. The largest absolute Gasteiger partial charge is 0.493 e. The highest BCUT2D eigenvalue weighted by atomic mass is 79.9. The number of aromatic hydroxyl groups is 1. The van der Waals surface area contributed by atoms with E-state index in [4.69, 9.17) is 0 Å². The van der Waals surface area contributed by atoms with E-state index in [0.29, 0.717) is 41.4 Å². The number of nitrogens with zero attached hydrogens (tertiary/aromatic N) is 3. The smallest absolute Gasteiger partial charge is 0.325 e. The van der Waals surface area contributed by atoms with Gasteiger partial charge < -0.3 is 36.3 Å². The summed E-state index contributed by atoms with van der Waals surface area (Å²) in [5.74, 6) is 0.303. The second-order valence-electron chi connectivity index (χ2n) is 8.43. The minimum absolute atomic E-state index is 0.102. The third-order valence-corrected chi connectivity index (χ3v) is 6.18. The van der Waals surface area contributed by atoms with Crippen LogP contribution in [0.1, 0.15) is 25.0 Å². The van der Waals surface area contributed by atoms with Crippen molar-refractivity contribution >= 4 is 51.0 Å². The molecule has 2 aromatic heterocycles. The van der Waals surface area contributed by atoms with E-state index in [1.54, 1.807) is 11.1 Å². The molecular formula is C23H28BrN9O4. The van der Waals surface area contributed by atoms with Gasteiger partial charge in [-0.3, -0.25) is 9.78 Å². The Hall–Kier alpha value is -4.07. The lowest BCUT2D eigenvalue weighted by atomic mass is 10.3. The number of likely N-dealkylation sites (tertiary alicyclic amines) is 1. The second-order valence-corrected chi connectivity index (χ2v) is 9.29. The molecule has 1 aliphatic heterocycles. The van der Waals surface area contributed by atoms with Crippen molar-refractivity contribution in [3.05, 3.63) is 51.1 Å². The predicted molar refractivity (Wildman–Crippen MR) is 142 cm³/mol. The molecule has 0 spiro atoms. The van der Waals surface area contributed by atoms with Crippen LogP contribution in [0.5, 0.6) is 5.88 Å².